The zero-order valence-electron chi connectivity index (χ0n) is 17.3. The Labute approximate surface area is 186 Å². The van der Waals surface area contributed by atoms with Crippen LogP contribution in [0.2, 0.25) is 0 Å². The number of hydrogen-bond acceptors (Lipinski definition) is 10. The highest BCUT2D eigenvalue weighted by Gasteiger charge is 2.54. The van der Waals surface area contributed by atoms with Gasteiger partial charge in [0.1, 0.15) is 35.3 Å². The van der Waals surface area contributed by atoms with Gasteiger partial charge in [0.25, 0.3) is 0 Å². The summed E-state index contributed by atoms with van der Waals surface area (Å²) in [5.41, 5.74) is 2.83. The van der Waals surface area contributed by atoms with Gasteiger partial charge in [0.15, 0.2) is 6.23 Å². The minimum Gasteiger partial charge on any atom is -0.387 e. The molecule has 0 bridgehead atoms. The first kappa shape index (κ1) is 23.9. The fourth-order valence-corrected chi connectivity index (χ4v) is 5.11. The van der Waals surface area contributed by atoms with E-state index in [0.29, 0.717) is 6.07 Å². The van der Waals surface area contributed by atoms with E-state index in [9.17, 15) is 28.4 Å². The van der Waals surface area contributed by atoms with Gasteiger partial charge < -0.3 is 20.7 Å². The van der Waals surface area contributed by atoms with Gasteiger partial charge >= 0.3 is 13.5 Å². The molecule has 1 aromatic carbocycles. The molecule has 3 heterocycles. The van der Waals surface area contributed by atoms with Crippen molar-refractivity contribution >= 4 is 13.6 Å². The number of halogens is 2. The van der Waals surface area contributed by atoms with Crippen LogP contribution in [0.3, 0.4) is 0 Å². The minimum atomic E-state index is -4.21. The molecule has 2 saturated heterocycles. The van der Waals surface area contributed by atoms with Gasteiger partial charge in [-0.05, 0) is 30.7 Å². The lowest BCUT2D eigenvalue weighted by Crippen LogP contribution is -2.46. The normalized spacial score (nSPS) is 34.5. The number of aromatic nitrogens is 2. The van der Waals surface area contributed by atoms with Crippen LogP contribution in [-0.4, -0.2) is 50.8 Å². The first-order valence-electron chi connectivity index (χ1n) is 9.92. The molecule has 180 valence electrons. The summed E-state index contributed by atoms with van der Waals surface area (Å²) in [5.74, 6) is -1.68. The first-order valence-corrected chi connectivity index (χ1v) is 11.4. The highest BCUT2D eigenvalue weighted by Crippen LogP contribution is 2.57. The lowest BCUT2D eigenvalue weighted by atomic mass is 9.96. The number of phosphoric ester groups is 1. The van der Waals surface area contributed by atoms with E-state index in [4.69, 9.17) is 24.0 Å². The molecule has 0 aliphatic carbocycles. The maximum Gasteiger partial charge on any atom is 0.475 e. The highest BCUT2D eigenvalue weighted by molar-refractivity contribution is 7.48. The average Bonchev–Trinajstić information content (AvgIpc) is 2.95. The molecule has 4 rings (SSSR count). The van der Waals surface area contributed by atoms with Crippen LogP contribution < -0.4 is 11.4 Å². The quantitative estimate of drug-likeness (QED) is 0.525. The van der Waals surface area contributed by atoms with E-state index < -0.39 is 61.9 Å². The molecule has 0 spiro atoms. The van der Waals surface area contributed by atoms with E-state index in [2.05, 4.69) is 4.98 Å². The summed E-state index contributed by atoms with van der Waals surface area (Å²) in [5, 5.41) is 21.3. The van der Waals surface area contributed by atoms with Gasteiger partial charge in [0, 0.05) is 18.7 Å². The monoisotopic (exact) mass is 489 g/mol. The van der Waals surface area contributed by atoms with Crippen LogP contribution in [0.4, 0.5) is 14.6 Å². The molecule has 2 aromatic rings. The largest absolute Gasteiger partial charge is 0.475 e. The van der Waals surface area contributed by atoms with Gasteiger partial charge in [-0.2, -0.15) is 4.98 Å². The summed E-state index contributed by atoms with van der Waals surface area (Å²) in [7, 11) is -4.21. The van der Waals surface area contributed by atoms with Crippen molar-refractivity contribution in [1.82, 2.24) is 9.55 Å². The molecule has 6 atom stereocenters. The molecule has 4 N–H and O–H groups in total. The summed E-state index contributed by atoms with van der Waals surface area (Å²) in [4.78, 5) is 15.7. The molecule has 0 saturated carbocycles. The number of anilines is 1. The Kier molecular flexibility index (Phi) is 6.40. The van der Waals surface area contributed by atoms with Crippen LogP contribution in [0.25, 0.3) is 0 Å². The average molecular weight is 489 g/mol. The van der Waals surface area contributed by atoms with Crippen LogP contribution in [0, 0.1) is 11.6 Å². The van der Waals surface area contributed by atoms with Gasteiger partial charge in [-0.15, -0.1) is 0 Å². The number of nitrogens with two attached hydrogens (primary N) is 1. The summed E-state index contributed by atoms with van der Waals surface area (Å²) < 4.78 is 62.3. The molecule has 2 aliphatic heterocycles. The van der Waals surface area contributed by atoms with Crippen LogP contribution >= 0.6 is 7.82 Å². The topological polar surface area (TPSA) is 155 Å². The Morgan fingerprint density at radius 1 is 1.36 bits per heavy atom. The van der Waals surface area contributed by atoms with Gasteiger partial charge in [0.2, 0.25) is 0 Å². The van der Waals surface area contributed by atoms with Crippen molar-refractivity contribution in [2.75, 3.05) is 18.9 Å². The van der Waals surface area contributed by atoms with Crippen molar-refractivity contribution in [3.8, 4) is 0 Å². The van der Waals surface area contributed by atoms with E-state index in [1.54, 1.807) is 0 Å². The Balaban J connectivity index is 1.46. The van der Waals surface area contributed by atoms with E-state index >= 15 is 0 Å². The number of aliphatic hydroxyl groups is 2. The Hall–Kier alpha value is -2.25. The lowest BCUT2D eigenvalue weighted by molar-refractivity contribution is -0.0989. The zero-order valence-corrected chi connectivity index (χ0v) is 18.2. The number of nitrogen functional groups attached to an aromatic ring is 1. The van der Waals surface area contributed by atoms with Crippen LogP contribution in [0.15, 0.2) is 35.3 Å². The van der Waals surface area contributed by atoms with Gasteiger partial charge in [-0.1, -0.05) is 0 Å². The molecule has 33 heavy (non-hydrogen) atoms. The molecule has 0 radical (unpaired) electrons. The smallest absolute Gasteiger partial charge is 0.387 e. The standard InChI is InChI=1S/C19H22F2N3O8P/c1-19(27)16(25)14(31-17(19)24-4-2-15(22)23-18(24)26)9-30-33(28)29-5-3-13(32-33)10-6-11(20)8-12(21)7-10/h2,4,6-8,13-14,16-17,25,27H,3,5,9H2,1H3,(H2,22,23,26)/t13?,14?,16-,17-,19-,33?/m1/s1. The van der Waals surface area contributed by atoms with Crippen molar-refractivity contribution < 1.29 is 41.9 Å². The third-order valence-corrected chi connectivity index (χ3v) is 6.87. The molecule has 2 fully saturated rings. The van der Waals surface area contributed by atoms with E-state index in [1.807, 2.05) is 0 Å². The summed E-state index contributed by atoms with van der Waals surface area (Å²) in [6, 6.07) is 4.11. The number of nitrogens with zero attached hydrogens (tertiary/aromatic N) is 2. The zero-order chi connectivity index (χ0) is 24.0. The number of phosphoric acid groups is 1. The summed E-state index contributed by atoms with van der Waals surface area (Å²) in [6.07, 6.45) is -3.69. The molecule has 2 aliphatic rings. The van der Waals surface area contributed by atoms with Gasteiger partial charge in [-0.25, -0.2) is 18.1 Å². The fraction of sp³-hybridized carbons (Fsp3) is 0.474. The third-order valence-electron chi connectivity index (χ3n) is 5.40. The van der Waals surface area contributed by atoms with Crippen molar-refractivity contribution in [3.05, 3.63) is 58.1 Å². The summed E-state index contributed by atoms with van der Waals surface area (Å²) in [6.45, 7) is 0.614. The predicted octanol–water partition coefficient (Wildman–Crippen LogP) is 1.42. The van der Waals surface area contributed by atoms with Crippen LogP contribution in [0.1, 0.15) is 31.2 Å². The second-order valence-electron chi connectivity index (χ2n) is 7.90. The second kappa shape index (κ2) is 8.84. The molecule has 3 unspecified atom stereocenters. The number of benzene rings is 1. The molecular weight excluding hydrogens is 467 g/mol. The SMILES string of the molecule is C[C@@]1(O)[C@H](O)C(COP2(=O)OCCC(c3cc(F)cc(F)c3)O2)O[C@H]1n1ccc(N)nc1=O. The maximum absolute atomic E-state index is 13.5. The first-order chi connectivity index (χ1) is 15.5. The maximum atomic E-state index is 13.5. The predicted molar refractivity (Wildman–Crippen MR) is 108 cm³/mol. The van der Waals surface area contributed by atoms with E-state index in [-0.39, 0.29) is 24.4 Å². The summed E-state index contributed by atoms with van der Waals surface area (Å²) >= 11 is 0. The van der Waals surface area contributed by atoms with Crippen LogP contribution in [0.5, 0.6) is 0 Å². The van der Waals surface area contributed by atoms with Crippen molar-refractivity contribution in [1.29, 1.82) is 0 Å². The van der Waals surface area contributed by atoms with Crippen molar-refractivity contribution in [2.24, 2.45) is 0 Å². The van der Waals surface area contributed by atoms with Crippen LogP contribution in [-0.2, 0) is 22.9 Å². The van der Waals surface area contributed by atoms with E-state index in [1.165, 1.54) is 19.2 Å². The lowest BCUT2D eigenvalue weighted by Gasteiger charge is -2.30. The highest BCUT2D eigenvalue weighted by atomic mass is 31.2. The Morgan fingerprint density at radius 2 is 2.06 bits per heavy atom. The minimum absolute atomic E-state index is 0.0354. The van der Waals surface area contributed by atoms with Crippen molar-refractivity contribution in [2.45, 2.75) is 43.5 Å². The molecule has 1 aromatic heterocycles. The number of aliphatic hydroxyl groups excluding tert-OH is 1. The molecule has 0 amide bonds. The van der Waals surface area contributed by atoms with Gasteiger partial charge in [0.05, 0.1) is 19.3 Å². The Bertz CT molecular complexity index is 1130. The number of hydrogen-bond donors (Lipinski definition) is 3. The number of ether oxygens (including phenoxy) is 1. The second-order valence-corrected chi connectivity index (χ2v) is 9.52. The molecule has 11 nitrogen and oxygen atoms in total. The number of rotatable bonds is 5. The van der Waals surface area contributed by atoms with E-state index in [0.717, 1.165) is 16.7 Å². The van der Waals surface area contributed by atoms with Crippen molar-refractivity contribution in [3.63, 3.8) is 0 Å². The third kappa shape index (κ3) is 4.85. The fourth-order valence-electron chi connectivity index (χ4n) is 3.71. The molecule has 14 heteroatoms. The molecular formula is C19H22F2N3O8P. The Morgan fingerprint density at radius 3 is 2.73 bits per heavy atom. The van der Waals surface area contributed by atoms with Gasteiger partial charge in [-0.3, -0.25) is 18.1 Å².